The number of rotatable bonds is 7. The van der Waals surface area contributed by atoms with E-state index in [1.54, 1.807) is 0 Å². The lowest BCUT2D eigenvalue weighted by molar-refractivity contribution is -0.122. The number of Topliss-reactive ketones (excluding diaryl/α,β-unsaturated/α-hetero) is 2. The molecule has 150 valence electrons. The summed E-state index contributed by atoms with van der Waals surface area (Å²) in [5, 5.41) is -1.75. The van der Waals surface area contributed by atoms with Crippen molar-refractivity contribution >= 4 is 31.8 Å². The molecule has 0 aliphatic heterocycles. The Hall–Kier alpha value is -0.840. The van der Waals surface area contributed by atoms with Crippen LogP contribution < -0.4 is 0 Å². The van der Waals surface area contributed by atoms with Gasteiger partial charge in [-0.15, -0.1) is 0 Å². The third kappa shape index (κ3) is 5.34. The number of carbonyl (C=O) groups excluding carboxylic acids is 2. The number of hydrogen-bond acceptors (Lipinski definition) is 8. The summed E-state index contributed by atoms with van der Waals surface area (Å²) in [7, 11) is -8.39. The van der Waals surface area contributed by atoms with Crippen LogP contribution in [0, 0.1) is 11.8 Å². The average molecular weight is 411 g/mol. The maximum absolute atomic E-state index is 12.2. The minimum absolute atomic E-state index is 0.0294. The lowest BCUT2D eigenvalue weighted by Gasteiger charge is -2.27. The highest BCUT2D eigenvalue weighted by Gasteiger charge is 2.38. The molecule has 2 saturated carbocycles. The van der Waals surface area contributed by atoms with Crippen LogP contribution in [0.3, 0.4) is 0 Å². The summed E-state index contributed by atoms with van der Waals surface area (Å²) < 4.78 is 57.5. The highest BCUT2D eigenvalue weighted by atomic mass is 32.2. The fraction of sp³-hybridized carbons (Fsp3) is 0.875. The maximum Gasteiger partial charge on any atom is 0.297 e. The molecule has 0 atom stereocenters. The first-order valence-corrected chi connectivity index (χ1v) is 11.8. The maximum atomic E-state index is 12.2. The molecule has 10 heteroatoms. The van der Waals surface area contributed by atoms with Crippen LogP contribution in [0.1, 0.15) is 65.2 Å². The Kier molecular flexibility index (Phi) is 6.98. The number of ketones is 2. The Bertz CT molecular complexity index is 660. The minimum atomic E-state index is -4.20. The molecule has 0 aromatic heterocycles. The smallest absolute Gasteiger partial charge is 0.297 e. The highest BCUT2D eigenvalue weighted by Crippen LogP contribution is 2.32. The molecule has 0 aromatic rings. The molecule has 0 spiro atoms. The van der Waals surface area contributed by atoms with Gasteiger partial charge in [0.1, 0.15) is 11.6 Å². The van der Waals surface area contributed by atoms with Crippen LogP contribution >= 0.6 is 0 Å². The van der Waals surface area contributed by atoms with Crippen molar-refractivity contribution in [3.05, 3.63) is 0 Å². The monoisotopic (exact) mass is 410 g/mol. The summed E-state index contributed by atoms with van der Waals surface area (Å²) in [6.45, 7) is 2.96. The zero-order chi connectivity index (χ0) is 19.5. The topological polar surface area (TPSA) is 121 Å². The van der Waals surface area contributed by atoms with Crippen molar-refractivity contribution in [1.82, 2.24) is 0 Å². The summed E-state index contributed by atoms with van der Waals surface area (Å²) in [6, 6.07) is 0. The molecule has 2 fully saturated rings. The van der Waals surface area contributed by atoms with Gasteiger partial charge in [0.15, 0.2) is 0 Å². The molecule has 0 heterocycles. The first-order chi connectivity index (χ1) is 12.0. The lowest BCUT2D eigenvalue weighted by Crippen LogP contribution is -2.34. The second-order valence-electron chi connectivity index (χ2n) is 7.29. The number of hydrogen-bond donors (Lipinski definition) is 0. The largest absolute Gasteiger partial charge is 0.300 e. The zero-order valence-electron chi connectivity index (χ0n) is 15.0. The van der Waals surface area contributed by atoms with E-state index in [4.69, 9.17) is 0 Å². The second-order valence-corrected chi connectivity index (χ2v) is 10.9. The molecule has 26 heavy (non-hydrogen) atoms. The molecular weight excluding hydrogens is 384 g/mol. The van der Waals surface area contributed by atoms with Crippen LogP contribution in [0.5, 0.6) is 0 Å². The standard InChI is InChI=1S/C16H26O8S2/c1-11(17)13-3-7-15(8-4-13)25(19,20)23-24-26(21,22)16-9-5-14(6-10-16)12(2)18/h13-16H,3-10H2,1-2H3. The number of carbonyl (C=O) groups is 2. The molecule has 0 radical (unpaired) electrons. The summed E-state index contributed by atoms with van der Waals surface area (Å²) >= 11 is 0. The molecule has 0 N–H and O–H groups in total. The van der Waals surface area contributed by atoms with Crippen molar-refractivity contribution in [2.75, 3.05) is 0 Å². The van der Waals surface area contributed by atoms with E-state index in [1.807, 2.05) is 0 Å². The Morgan fingerprint density at radius 3 is 1.12 bits per heavy atom. The van der Waals surface area contributed by atoms with E-state index in [-0.39, 0.29) is 49.1 Å². The van der Waals surface area contributed by atoms with Crippen molar-refractivity contribution < 1.29 is 35.1 Å². The first-order valence-electron chi connectivity index (χ1n) is 8.89. The SMILES string of the molecule is CC(=O)C1CCC(S(=O)(=O)OOS(=O)(=O)C2CCC(C(C)=O)CC2)CC1. The van der Waals surface area contributed by atoms with Gasteiger partial charge in [0.05, 0.1) is 10.5 Å². The predicted octanol–water partition coefficient (Wildman–Crippen LogP) is 1.89. The molecule has 0 bridgehead atoms. The first kappa shape index (κ1) is 21.5. The van der Waals surface area contributed by atoms with E-state index in [9.17, 15) is 26.4 Å². The van der Waals surface area contributed by atoms with Crippen molar-refractivity contribution in [3.8, 4) is 0 Å². The Morgan fingerprint density at radius 1 is 0.615 bits per heavy atom. The lowest BCUT2D eigenvalue weighted by atomic mass is 9.86. The Morgan fingerprint density at radius 2 is 0.885 bits per heavy atom. The van der Waals surface area contributed by atoms with Gasteiger partial charge in [-0.1, -0.05) is 8.67 Å². The van der Waals surface area contributed by atoms with Gasteiger partial charge in [0.25, 0.3) is 20.2 Å². The van der Waals surface area contributed by atoms with E-state index in [1.165, 1.54) is 13.8 Å². The van der Waals surface area contributed by atoms with Crippen LogP contribution in [0.25, 0.3) is 0 Å². The molecule has 2 aliphatic carbocycles. The minimum Gasteiger partial charge on any atom is -0.300 e. The van der Waals surface area contributed by atoms with Crippen LogP contribution in [-0.4, -0.2) is 38.9 Å². The van der Waals surface area contributed by atoms with Gasteiger partial charge in [-0.25, -0.2) is 0 Å². The van der Waals surface area contributed by atoms with E-state index >= 15 is 0 Å². The van der Waals surface area contributed by atoms with Crippen LogP contribution in [0.4, 0.5) is 0 Å². The van der Waals surface area contributed by atoms with Gasteiger partial charge >= 0.3 is 0 Å². The summed E-state index contributed by atoms with van der Waals surface area (Å²) in [5.74, 6) is -0.242. The van der Waals surface area contributed by atoms with Crippen molar-refractivity contribution in [1.29, 1.82) is 0 Å². The molecule has 2 rings (SSSR count). The van der Waals surface area contributed by atoms with Crippen LogP contribution in [-0.2, 0) is 38.5 Å². The van der Waals surface area contributed by atoms with Gasteiger partial charge in [-0.3, -0.25) is 9.59 Å². The summed E-state index contributed by atoms with van der Waals surface area (Å²) in [6.07, 6.45) is 2.68. The van der Waals surface area contributed by atoms with Gasteiger partial charge in [0, 0.05) is 11.8 Å². The van der Waals surface area contributed by atoms with Crippen molar-refractivity contribution in [2.24, 2.45) is 11.8 Å². The quantitative estimate of drug-likeness (QED) is 0.461. The highest BCUT2D eigenvalue weighted by molar-refractivity contribution is 7.89. The third-order valence-corrected chi connectivity index (χ3v) is 8.71. The Labute approximate surface area is 154 Å². The summed E-state index contributed by atoms with van der Waals surface area (Å²) in [5.41, 5.74) is 0. The van der Waals surface area contributed by atoms with Gasteiger partial charge in [0.2, 0.25) is 0 Å². The van der Waals surface area contributed by atoms with E-state index in [2.05, 4.69) is 8.67 Å². The Balaban J connectivity index is 1.88. The molecular formula is C16H26O8S2. The van der Waals surface area contributed by atoms with Crippen molar-refractivity contribution in [3.63, 3.8) is 0 Å². The average Bonchev–Trinajstić information content (AvgIpc) is 2.60. The van der Waals surface area contributed by atoms with E-state index in [0.29, 0.717) is 25.7 Å². The fourth-order valence-electron chi connectivity index (χ4n) is 3.70. The molecule has 2 aliphatic rings. The molecule has 0 amide bonds. The van der Waals surface area contributed by atoms with Gasteiger partial charge < -0.3 is 0 Å². The molecule has 0 saturated heterocycles. The normalized spacial score (nSPS) is 30.7. The van der Waals surface area contributed by atoms with Gasteiger partial charge in [-0.2, -0.15) is 16.8 Å². The van der Waals surface area contributed by atoms with Crippen LogP contribution in [0.15, 0.2) is 0 Å². The van der Waals surface area contributed by atoms with E-state index in [0.717, 1.165) is 0 Å². The van der Waals surface area contributed by atoms with E-state index < -0.39 is 30.7 Å². The zero-order valence-corrected chi connectivity index (χ0v) is 16.7. The molecule has 0 unspecified atom stereocenters. The van der Waals surface area contributed by atoms with Crippen LogP contribution in [0.2, 0.25) is 0 Å². The molecule has 8 nitrogen and oxygen atoms in total. The second kappa shape index (κ2) is 8.45. The van der Waals surface area contributed by atoms with Crippen molar-refractivity contribution in [2.45, 2.75) is 75.7 Å². The molecule has 0 aromatic carbocycles. The summed E-state index contributed by atoms with van der Waals surface area (Å²) in [4.78, 5) is 22.7. The van der Waals surface area contributed by atoms with Gasteiger partial charge in [-0.05, 0) is 65.2 Å². The predicted molar refractivity (Wildman–Crippen MR) is 92.9 cm³/mol. The third-order valence-electron chi connectivity index (χ3n) is 5.53. The fourth-order valence-corrected chi connectivity index (χ4v) is 6.25.